The van der Waals surface area contributed by atoms with Crippen molar-refractivity contribution in [1.29, 1.82) is 0 Å². The molecular weight excluding hydrogens is 274 g/mol. The number of ether oxygens (including phenoxy) is 2. The van der Waals surface area contributed by atoms with Crippen molar-refractivity contribution in [2.24, 2.45) is 0 Å². The van der Waals surface area contributed by atoms with Crippen LogP contribution in [0.2, 0.25) is 5.02 Å². The standard InChI is InChI=1S/C16H24ClNO2/c1-4-18-10-12-6-5-7-14(17)15(12)19-11-13-8-9-16(2,3)20-13/h5-7,13,18H,4,8-11H2,1-3H3. The molecule has 1 aromatic rings. The minimum Gasteiger partial charge on any atom is -0.489 e. The topological polar surface area (TPSA) is 30.5 Å². The molecule has 0 aliphatic carbocycles. The number of halogens is 1. The molecule has 1 aliphatic heterocycles. The Morgan fingerprint density at radius 3 is 2.90 bits per heavy atom. The summed E-state index contributed by atoms with van der Waals surface area (Å²) in [6, 6.07) is 5.87. The number of benzene rings is 1. The second-order valence-corrected chi connectivity index (χ2v) is 6.26. The van der Waals surface area contributed by atoms with E-state index >= 15 is 0 Å². The monoisotopic (exact) mass is 297 g/mol. The third-order valence-electron chi connectivity index (χ3n) is 3.58. The van der Waals surface area contributed by atoms with E-state index in [1.165, 1.54) is 0 Å². The van der Waals surface area contributed by atoms with Gasteiger partial charge >= 0.3 is 0 Å². The number of hydrogen-bond acceptors (Lipinski definition) is 3. The summed E-state index contributed by atoms with van der Waals surface area (Å²) in [5, 5.41) is 3.97. The molecule has 1 aliphatic rings. The smallest absolute Gasteiger partial charge is 0.142 e. The van der Waals surface area contributed by atoms with E-state index in [1.54, 1.807) is 0 Å². The van der Waals surface area contributed by atoms with Crippen LogP contribution in [0.25, 0.3) is 0 Å². The van der Waals surface area contributed by atoms with Crippen LogP contribution in [0.5, 0.6) is 5.75 Å². The predicted octanol–water partition coefficient (Wildman–Crippen LogP) is 3.79. The normalized spacial score (nSPS) is 21.1. The Morgan fingerprint density at radius 1 is 1.45 bits per heavy atom. The lowest BCUT2D eigenvalue weighted by atomic mass is 10.1. The maximum absolute atomic E-state index is 6.26. The van der Waals surface area contributed by atoms with Crippen molar-refractivity contribution in [2.75, 3.05) is 13.2 Å². The van der Waals surface area contributed by atoms with Gasteiger partial charge in [0.05, 0.1) is 16.7 Å². The molecule has 0 amide bonds. The minimum atomic E-state index is -0.0267. The zero-order valence-electron chi connectivity index (χ0n) is 12.5. The fraction of sp³-hybridized carbons (Fsp3) is 0.625. The summed E-state index contributed by atoms with van der Waals surface area (Å²) in [5.41, 5.74) is 1.07. The van der Waals surface area contributed by atoms with Crippen LogP contribution in [0.4, 0.5) is 0 Å². The Hall–Kier alpha value is -0.770. The number of para-hydroxylation sites is 1. The summed E-state index contributed by atoms with van der Waals surface area (Å²) in [5.74, 6) is 0.781. The van der Waals surface area contributed by atoms with E-state index in [0.717, 1.165) is 37.2 Å². The molecule has 3 nitrogen and oxygen atoms in total. The van der Waals surface area contributed by atoms with Gasteiger partial charge in [0.1, 0.15) is 12.4 Å². The molecule has 0 saturated carbocycles. The van der Waals surface area contributed by atoms with Crippen LogP contribution in [-0.2, 0) is 11.3 Å². The number of hydrogen-bond donors (Lipinski definition) is 1. The quantitative estimate of drug-likeness (QED) is 0.866. The zero-order valence-corrected chi connectivity index (χ0v) is 13.3. The first kappa shape index (κ1) is 15.6. The highest BCUT2D eigenvalue weighted by atomic mass is 35.5. The molecule has 0 spiro atoms. The first-order valence-electron chi connectivity index (χ1n) is 7.30. The summed E-state index contributed by atoms with van der Waals surface area (Å²) in [7, 11) is 0. The van der Waals surface area contributed by atoms with E-state index in [0.29, 0.717) is 11.6 Å². The van der Waals surface area contributed by atoms with Crippen molar-refractivity contribution in [3.05, 3.63) is 28.8 Å². The summed E-state index contributed by atoms with van der Waals surface area (Å²) in [6.45, 7) is 8.58. The molecule has 1 unspecified atom stereocenters. The van der Waals surface area contributed by atoms with E-state index in [4.69, 9.17) is 21.1 Å². The van der Waals surface area contributed by atoms with Gasteiger partial charge in [-0.05, 0) is 39.3 Å². The van der Waals surface area contributed by atoms with E-state index in [-0.39, 0.29) is 11.7 Å². The van der Waals surface area contributed by atoms with Crippen molar-refractivity contribution in [1.82, 2.24) is 5.32 Å². The molecular formula is C16H24ClNO2. The van der Waals surface area contributed by atoms with Gasteiger partial charge in [-0.15, -0.1) is 0 Å². The molecule has 0 radical (unpaired) electrons. The Morgan fingerprint density at radius 2 is 2.25 bits per heavy atom. The van der Waals surface area contributed by atoms with Crippen LogP contribution in [0.3, 0.4) is 0 Å². The molecule has 1 aromatic carbocycles. The fourth-order valence-electron chi connectivity index (χ4n) is 2.49. The van der Waals surface area contributed by atoms with E-state index < -0.39 is 0 Å². The molecule has 1 N–H and O–H groups in total. The van der Waals surface area contributed by atoms with Gasteiger partial charge in [-0.2, -0.15) is 0 Å². The average molecular weight is 298 g/mol. The van der Waals surface area contributed by atoms with Crippen molar-refractivity contribution in [3.63, 3.8) is 0 Å². The van der Waals surface area contributed by atoms with Crippen molar-refractivity contribution >= 4 is 11.6 Å². The molecule has 4 heteroatoms. The highest BCUT2D eigenvalue weighted by Gasteiger charge is 2.32. The zero-order chi connectivity index (χ0) is 14.6. The van der Waals surface area contributed by atoms with E-state index in [1.807, 2.05) is 18.2 Å². The Bertz CT molecular complexity index is 448. The Kier molecular flexibility index (Phi) is 5.30. The fourth-order valence-corrected chi connectivity index (χ4v) is 2.73. The van der Waals surface area contributed by atoms with Crippen LogP contribution in [-0.4, -0.2) is 24.9 Å². The lowest BCUT2D eigenvalue weighted by molar-refractivity contribution is -0.0327. The van der Waals surface area contributed by atoms with Crippen molar-refractivity contribution in [2.45, 2.75) is 51.9 Å². The first-order chi connectivity index (χ1) is 9.52. The number of nitrogens with one attached hydrogen (secondary N) is 1. The highest BCUT2D eigenvalue weighted by Crippen LogP contribution is 2.32. The van der Waals surface area contributed by atoms with Gasteiger partial charge < -0.3 is 14.8 Å². The third kappa shape index (κ3) is 4.11. The molecule has 1 heterocycles. The van der Waals surface area contributed by atoms with E-state index in [9.17, 15) is 0 Å². The molecule has 0 aromatic heterocycles. The van der Waals surface area contributed by atoms with Gasteiger partial charge in [0.25, 0.3) is 0 Å². The van der Waals surface area contributed by atoms with E-state index in [2.05, 4.69) is 26.1 Å². The molecule has 0 bridgehead atoms. The van der Waals surface area contributed by atoms with Crippen LogP contribution in [0, 0.1) is 0 Å². The average Bonchev–Trinajstić information content (AvgIpc) is 2.75. The highest BCUT2D eigenvalue weighted by molar-refractivity contribution is 6.32. The van der Waals surface area contributed by atoms with Crippen molar-refractivity contribution in [3.8, 4) is 5.75 Å². The van der Waals surface area contributed by atoms with Gasteiger partial charge in [-0.25, -0.2) is 0 Å². The molecule has 1 saturated heterocycles. The summed E-state index contributed by atoms with van der Waals surface area (Å²) in [6.07, 6.45) is 2.28. The predicted molar refractivity (Wildman–Crippen MR) is 82.5 cm³/mol. The molecule has 1 atom stereocenters. The summed E-state index contributed by atoms with van der Waals surface area (Å²) in [4.78, 5) is 0. The molecule has 1 fully saturated rings. The van der Waals surface area contributed by atoms with Crippen LogP contribution < -0.4 is 10.1 Å². The lowest BCUT2D eigenvalue weighted by Gasteiger charge is -2.20. The van der Waals surface area contributed by atoms with Gasteiger partial charge in [0.2, 0.25) is 0 Å². The second kappa shape index (κ2) is 6.79. The Balaban J connectivity index is 1.98. The Labute approximate surface area is 126 Å². The van der Waals surface area contributed by atoms with Crippen LogP contribution in [0.1, 0.15) is 39.2 Å². The maximum Gasteiger partial charge on any atom is 0.142 e. The van der Waals surface area contributed by atoms with Gasteiger partial charge in [-0.3, -0.25) is 0 Å². The summed E-state index contributed by atoms with van der Waals surface area (Å²) >= 11 is 6.26. The lowest BCUT2D eigenvalue weighted by Crippen LogP contribution is -2.24. The van der Waals surface area contributed by atoms with Gasteiger partial charge in [-0.1, -0.05) is 30.7 Å². The molecule has 112 valence electrons. The second-order valence-electron chi connectivity index (χ2n) is 5.86. The van der Waals surface area contributed by atoms with Gasteiger partial charge in [0, 0.05) is 12.1 Å². The number of rotatable bonds is 6. The minimum absolute atomic E-state index is 0.0267. The third-order valence-corrected chi connectivity index (χ3v) is 3.88. The first-order valence-corrected chi connectivity index (χ1v) is 7.68. The molecule has 2 rings (SSSR count). The SMILES string of the molecule is CCNCc1cccc(Cl)c1OCC1CCC(C)(C)O1. The summed E-state index contributed by atoms with van der Waals surface area (Å²) < 4.78 is 11.9. The maximum atomic E-state index is 6.26. The molecule has 20 heavy (non-hydrogen) atoms. The van der Waals surface area contributed by atoms with Gasteiger partial charge in [0.15, 0.2) is 0 Å². The van der Waals surface area contributed by atoms with Crippen LogP contribution in [0.15, 0.2) is 18.2 Å². The van der Waals surface area contributed by atoms with Crippen molar-refractivity contribution < 1.29 is 9.47 Å². The van der Waals surface area contributed by atoms with Crippen LogP contribution >= 0.6 is 11.6 Å². The largest absolute Gasteiger partial charge is 0.489 e.